The molecule has 0 aliphatic heterocycles. The lowest BCUT2D eigenvalue weighted by Gasteiger charge is -1.57. The van der Waals surface area contributed by atoms with Crippen molar-refractivity contribution in [3.63, 3.8) is 0 Å². The Kier molecular flexibility index (Phi) is 13.3. The van der Waals surface area contributed by atoms with Crippen molar-refractivity contribution in [1.29, 1.82) is 0 Å². The van der Waals surface area contributed by atoms with Crippen LogP contribution in [-0.2, 0) is 0 Å². The van der Waals surface area contributed by atoms with E-state index in [9.17, 15) is 0 Å². The minimum absolute atomic E-state index is 0. The van der Waals surface area contributed by atoms with E-state index in [2.05, 4.69) is 5.92 Å². The molecule has 0 fully saturated rings. The first-order valence-corrected chi connectivity index (χ1v) is 1.53. The first-order chi connectivity index (χ1) is 2.41. The number of hydrogen-bond acceptors (Lipinski definition) is 1. The zero-order valence-electron chi connectivity index (χ0n) is 3.65. The highest BCUT2D eigenvalue weighted by atomic mass is 16.2. The second-order valence-corrected chi connectivity index (χ2v) is 0.642. The standard InChI is InChI=1S/C4H6O.H2O/c1-2-3-4-5;/h5H,2H2,1H3;1H2. The normalized spacial score (nSPS) is 4.17. The van der Waals surface area contributed by atoms with Crippen molar-refractivity contribution >= 4 is 0 Å². The molecule has 3 N–H and O–H groups in total. The lowest BCUT2D eigenvalue weighted by atomic mass is 10.5. The highest BCUT2D eigenvalue weighted by Gasteiger charge is 1.50. The van der Waals surface area contributed by atoms with E-state index in [1.54, 1.807) is 6.11 Å². The minimum atomic E-state index is 0. The molecule has 0 radical (unpaired) electrons. The SMILES string of the molecule is CCC#CO.O. The largest absolute Gasteiger partial charge is 0.462 e. The van der Waals surface area contributed by atoms with Crippen molar-refractivity contribution in [3.8, 4) is 12.0 Å². The summed E-state index contributed by atoms with van der Waals surface area (Å²) in [6.07, 6.45) is 2.50. The smallest absolute Gasteiger partial charge is 0.107 e. The van der Waals surface area contributed by atoms with E-state index >= 15 is 0 Å². The highest BCUT2D eigenvalue weighted by Crippen LogP contribution is 1.61. The summed E-state index contributed by atoms with van der Waals surface area (Å²) >= 11 is 0. The third-order valence-electron chi connectivity index (χ3n) is 0.256. The molecule has 0 rings (SSSR count). The van der Waals surface area contributed by atoms with Crippen LogP contribution in [0.5, 0.6) is 0 Å². The molecule has 0 unspecified atom stereocenters. The van der Waals surface area contributed by atoms with E-state index in [0.29, 0.717) is 0 Å². The van der Waals surface area contributed by atoms with E-state index in [-0.39, 0.29) is 5.48 Å². The van der Waals surface area contributed by atoms with Crippen LogP contribution in [0.3, 0.4) is 0 Å². The summed E-state index contributed by atoms with van der Waals surface area (Å²) in [7, 11) is 0. The van der Waals surface area contributed by atoms with Gasteiger partial charge in [0.15, 0.2) is 0 Å². The zero-order chi connectivity index (χ0) is 4.12. The van der Waals surface area contributed by atoms with Crippen LogP contribution in [0.15, 0.2) is 0 Å². The Bertz CT molecular complexity index is 57.7. The molecule has 0 saturated heterocycles. The summed E-state index contributed by atoms with van der Waals surface area (Å²) in [5.74, 6) is 2.42. The Balaban J connectivity index is 0. The van der Waals surface area contributed by atoms with Gasteiger partial charge in [0.25, 0.3) is 0 Å². The Labute approximate surface area is 37.1 Å². The van der Waals surface area contributed by atoms with E-state index in [1.807, 2.05) is 6.92 Å². The molecule has 0 aromatic carbocycles. The first-order valence-electron chi connectivity index (χ1n) is 1.53. The van der Waals surface area contributed by atoms with E-state index in [1.165, 1.54) is 0 Å². The van der Waals surface area contributed by atoms with Crippen molar-refractivity contribution < 1.29 is 10.6 Å². The maximum Gasteiger partial charge on any atom is 0.107 e. The van der Waals surface area contributed by atoms with E-state index < -0.39 is 0 Å². The van der Waals surface area contributed by atoms with E-state index in [0.717, 1.165) is 6.42 Å². The molecular weight excluding hydrogens is 80.0 g/mol. The summed E-state index contributed by atoms with van der Waals surface area (Å²) in [5.41, 5.74) is 0. The first kappa shape index (κ1) is 9.01. The predicted molar refractivity (Wildman–Crippen MR) is 23.6 cm³/mol. The molecule has 0 amide bonds. The van der Waals surface area contributed by atoms with Crippen molar-refractivity contribution in [1.82, 2.24) is 0 Å². The van der Waals surface area contributed by atoms with Gasteiger partial charge in [0.05, 0.1) is 0 Å². The number of rotatable bonds is 0. The molecule has 0 aliphatic carbocycles. The number of aliphatic hydroxyl groups is 1. The highest BCUT2D eigenvalue weighted by molar-refractivity contribution is 4.86. The average Bonchev–Trinajstić information content (AvgIpc) is 1.41. The Hall–Kier alpha value is -0.680. The fourth-order valence-corrected chi connectivity index (χ4v) is 0.0791. The lowest BCUT2D eigenvalue weighted by Crippen LogP contribution is -1.49. The van der Waals surface area contributed by atoms with Crippen LogP contribution in [0.1, 0.15) is 13.3 Å². The van der Waals surface area contributed by atoms with Gasteiger partial charge in [-0.1, -0.05) is 12.8 Å². The van der Waals surface area contributed by atoms with Crippen LogP contribution < -0.4 is 0 Å². The molecule has 36 valence electrons. The summed E-state index contributed by atoms with van der Waals surface area (Å²) in [6.45, 7) is 1.88. The molecule has 0 spiro atoms. The van der Waals surface area contributed by atoms with Crippen molar-refractivity contribution in [2.75, 3.05) is 0 Å². The average molecular weight is 88.1 g/mol. The monoisotopic (exact) mass is 88.1 g/mol. The molecule has 6 heavy (non-hydrogen) atoms. The van der Waals surface area contributed by atoms with Crippen LogP contribution in [0.2, 0.25) is 0 Å². The second-order valence-electron chi connectivity index (χ2n) is 0.642. The topological polar surface area (TPSA) is 51.7 Å². The summed E-state index contributed by atoms with van der Waals surface area (Å²) < 4.78 is 0. The third kappa shape index (κ3) is 10.3. The Morgan fingerprint density at radius 1 is 1.67 bits per heavy atom. The van der Waals surface area contributed by atoms with Crippen molar-refractivity contribution in [3.05, 3.63) is 0 Å². The summed E-state index contributed by atoms with van der Waals surface area (Å²) in [4.78, 5) is 0. The van der Waals surface area contributed by atoms with Crippen LogP contribution in [0, 0.1) is 12.0 Å². The molecular formula is C4H8O2. The maximum absolute atomic E-state index is 7.71. The second kappa shape index (κ2) is 8.85. The van der Waals surface area contributed by atoms with Gasteiger partial charge in [-0.15, -0.1) is 0 Å². The fourth-order valence-electron chi connectivity index (χ4n) is 0.0791. The van der Waals surface area contributed by atoms with Gasteiger partial charge in [-0.25, -0.2) is 0 Å². The van der Waals surface area contributed by atoms with Gasteiger partial charge in [0.1, 0.15) is 6.11 Å². The maximum atomic E-state index is 7.71. The van der Waals surface area contributed by atoms with Gasteiger partial charge in [0.2, 0.25) is 0 Å². The molecule has 0 atom stereocenters. The predicted octanol–water partition coefficient (Wildman–Crippen LogP) is -0.0949. The van der Waals surface area contributed by atoms with Crippen LogP contribution in [0.4, 0.5) is 0 Å². The molecule has 0 aromatic rings. The fraction of sp³-hybridized carbons (Fsp3) is 0.500. The van der Waals surface area contributed by atoms with Gasteiger partial charge >= 0.3 is 0 Å². The summed E-state index contributed by atoms with van der Waals surface area (Å²) in [5, 5.41) is 7.71. The Morgan fingerprint density at radius 3 is 2.17 bits per heavy atom. The molecule has 0 aliphatic rings. The number of aliphatic hydroxyl groups excluding tert-OH is 1. The van der Waals surface area contributed by atoms with Gasteiger partial charge in [-0.2, -0.15) is 0 Å². The van der Waals surface area contributed by atoms with Crippen LogP contribution in [0.25, 0.3) is 0 Å². The molecule has 2 heteroatoms. The molecule has 0 heterocycles. The van der Waals surface area contributed by atoms with Crippen molar-refractivity contribution in [2.45, 2.75) is 13.3 Å². The van der Waals surface area contributed by atoms with Crippen LogP contribution in [-0.4, -0.2) is 10.6 Å². The van der Waals surface area contributed by atoms with Gasteiger partial charge < -0.3 is 10.6 Å². The zero-order valence-corrected chi connectivity index (χ0v) is 3.65. The molecule has 0 aromatic heterocycles. The van der Waals surface area contributed by atoms with Gasteiger partial charge in [-0.3, -0.25) is 0 Å². The van der Waals surface area contributed by atoms with E-state index in [4.69, 9.17) is 5.11 Å². The minimum Gasteiger partial charge on any atom is -0.462 e. The van der Waals surface area contributed by atoms with Crippen molar-refractivity contribution in [2.24, 2.45) is 0 Å². The third-order valence-corrected chi connectivity index (χ3v) is 0.256. The molecule has 0 bridgehead atoms. The lowest BCUT2D eigenvalue weighted by molar-refractivity contribution is 0.516. The molecule has 2 nitrogen and oxygen atoms in total. The van der Waals surface area contributed by atoms with Gasteiger partial charge in [0, 0.05) is 6.42 Å². The Morgan fingerprint density at radius 2 is 2.17 bits per heavy atom. The summed E-state index contributed by atoms with van der Waals surface area (Å²) in [6, 6.07) is 0. The molecule has 0 saturated carbocycles. The number of hydrogen-bond donors (Lipinski definition) is 1. The quantitative estimate of drug-likeness (QED) is 0.413. The van der Waals surface area contributed by atoms with Gasteiger partial charge in [-0.05, 0) is 0 Å². The van der Waals surface area contributed by atoms with Crippen LogP contribution >= 0.6 is 0 Å².